The number of nitrogens with one attached hydrogen (secondary N) is 1. The minimum Gasteiger partial charge on any atom is -0.394 e. The molecule has 1 unspecified atom stereocenters. The molecule has 2 aromatic rings. The van der Waals surface area contributed by atoms with Crippen LogP contribution < -0.4 is 5.32 Å². The molecule has 1 amide bonds. The third kappa shape index (κ3) is 4.46. The Morgan fingerprint density at radius 3 is 2.51 bits per heavy atom. The van der Waals surface area contributed by atoms with E-state index in [0.29, 0.717) is 6.42 Å². The minimum absolute atomic E-state index is 0.00664. The maximum atomic E-state index is 13.6. The lowest BCUT2D eigenvalue weighted by Gasteiger charge is -2.45. The van der Waals surface area contributed by atoms with Gasteiger partial charge in [-0.1, -0.05) is 18.5 Å². The second kappa shape index (κ2) is 9.40. The molecular weight excluding hydrogens is 504 g/mol. The summed E-state index contributed by atoms with van der Waals surface area (Å²) in [5.74, 6) is -4.08. The summed E-state index contributed by atoms with van der Waals surface area (Å²) in [6.45, 7) is 1.25. The van der Waals surface area contributed by atoms with Crippen molar-refractivity contribution >= 4 is 33.0 Å². The Kier molecular flexibility index (Phi) is 6.98. The first-order valence-corrected chi connectivity index (χ1v) is 13.1. The van der Waals surface area contributed by atoms with Gasteiger partial charge in [0.05, 0.1) is 27.4 Å². The number of anilines is 1. The zero-order valence-corrected chi connectivity index (χ0v) is 20.4. The SMILES string of the molecule is CC1C[C@@H]2C[C@@H](S(=O)(=O)c3cc(C(=O)Nc4ccc(F)c(F)c4)ccc3Cl)C[C@H]1[C@@]2(O)[C@@H](O)CO. The van der Waals surface area contributed by atoms with Gasteiger partial charge in [-0.15, -0.1) is 0 Å². The first kappa shape index (κ1) is 26.0. The van der Waals surface area contributed by atoms with Crippen LogP contribution in [0.15, 0.2) is 41.3 Å². The lowest BCUT2D eigenvalue weighted by atomic mass is 9.70. The monoisotopic (exact) mass is 529 g/mol. The maximum absolute atomic E-state index is 13.6. The van der Waals surface area contributed by atoms with E-state index in [1.54, 1.807) is 0 Å². The fraction of sp³-hybridized carbons (Fsp3) is 0.458. The van der Waals surface area contributed by atoms with Crippen LogP contribution in [0.25, 0.3) is 0 Å². The van der Waals surface area contributed by atoms with Crippen LogP contribution in [0, 0.1) is 29.4 Å². The summed E-state index contributed by atoms with van der Waals surface area (Å²) in [6.07, 6.45) is -0.736. The molecule has 0 saturated heterocycles. The number of rotatable bonds is 6. The number of amides is 1. The normalized spacial score (nSPS) is 29.1. The summed E-state index contributed by atoms with van der Waals surface area (Å²) in [6, 6.07) is 6.57. The van der Waals surface area contributed by atoms with Gasteiger partial charge in [-0.25, -0.2) is 17.2 Å². The number of hydrogen-bond donors (Lipinski definition) is 4. The Morgan fingerprint density at radius 1 is 1.17 bits per heavy atom. The van der Waals surface area contributed by atoms with Crippen molar-refractivity contribution in [2.75, 3.05) is 11.9 Å². The molecule has 2 fully saturated rings. The Morgan fingerprint density at radius 2 is 1.89 bits per heavy atom. The highest BCUT2D eigenvalue weighted by molar-refractivity contribution is 7.92. The summed E-state index contributed by atoms with van der Waals surface area (Å²) >= 11 is 6.22. The predicted octanol–water partition coefficient (Wildman–Crippen LogP) is 3.16. The number of carbonyl (C=O) groups excluding carboxylic acids is 1. The van der Waals surface area contributed by atoms with Crippen molar-refractivity contribution in [3.8, 4) is 0 Å². The molecule has 35 heavy (non-hydrogen) atoms. The molecule has 0 radical (unpaired) electrons. The zero-order chi connectivity index (χ0) is 25.7. The fourth-order valence-corrected chi connectivity index (χ4v) is 8.08. The fourth-order valence-electron chi connectivity index (χ4n) is 5.70. The van der Waals surface area contributed by atoms with Crippen molar-refractivity contribution in [2.45, 2.75) is 48.0 Å². The van der Waals surface area contributed by atoms with E-state index in [9.17, 15) is 37.3 Å². The first-order chi connectivity index (χ1) is 16.4. The van der Waals surface area contributed by atoms with Crippen LogP contribution in [0.3, 0.4) is 0 Å². The summed E-state index contributed by atoms with van der Waals surface area (Å²) < 4.78 is 53.8. The van der Waals surface area contributed by atoms with Crippen molar-refractivity contribution in [3.05, 3.63) is 58.6 Å². The maximum Gasteiger partial charge on any atom is 0.255 e. The van der Waals surface area contributed by atoms with Crippen LogP contribution in [0.1, 0.15) is 36.5 Å². The molecule has 11 heteroatoms. The van der Waals surface area contributed by atoms with Gasteiger partial charge in [-0.3, -0.25) is 4.79 Å². The number of aliphatic hydroxyl groups is 3. The topological polar surface area (TPSA) is 124 Å². The average molecular weight is 530 g/mol. The molecule has 190 valence electrons. The lowest BCUT2D eigenvalue weighted by Crippen LogP contribution is -2.57. The largest absolute Gasteiger partial charge is 0.394 e. The highest BCUT2D eigenvalue weighted by Crippen LogP contribution is 2.56. The van der Waals surface area contributed by atoms with Crippen LogP contribution in [0.4, 0.5) is 14.5 Å². The van der Waals surface area contributed by atoms with Crippen molar-refractivity contribution in [3.63, 3.8) is 0 Å². The van der Waals surface area contributed by atoms with E-state index < -0.39 is 62.8 Å². The van der Waals surface area contributed by atoms with E-state index in [-0.39, 0.29) is 39.9 Å². The molecule has 0 spiro atoms. The number of halogens is 3. The van der Waals surface area contributed by atoms with Gasteiger partial charge in [0.1, 0.15) is 6.10 Å². The Bertz CT molecular complexity index is 1260. The van der Waals surface area contributed by atoms with Gasteiger partial charge < -0.3 is 20.6 Å². The number of carbonyl (C=O) groups is 1. The molecule has 2 bridgehead atoms. The molecule has 6 atom stereocenters. The van der Waals surface area contributed by atoms with E-state index >= 15 is 0 Å². The molecular formula is C24H26ClF2NO6S. The van der Waals surface area contributed by atoms with E-state index in [4.69, 9.17) is 11.6 Å². The smallest absolute Gasteiger partial charge is 0.255 e. The summed E-state index contributed by atoms with van der Waals surface area (Å²) in [5.41, 5.74) is -1.62. The van der Waals surface area contributed by atoms with Gasteiger partial charge in [0.15, 0.2) is 21.5 Å². The molecule has 0 aromatic heterocycles. The molecule has 2 aliphatic carbocycles. The van der Waals surface area contributed by atoms with Crippen LogP contribution in [-0.4, -0.2) is 53.2 Å². The summed E-state index contributed by atoms with van der Waals surface area (Å²) in [7, 11) is -4.04. The quantitative estimate of drug-likeness (QED) is 0.456. The second-order valence-electron chi connectivity index (χ2n) is 9.47. The van der Waals surface area contributed by atoms with Crippen LogP contribution in [0.2, 0.25) is 5.02 Å². The number of sulfone groups is 1. The van der Waals surface area contributed by atoms with Gasteiger partial charge in [-0.05, 0) is 67.3 Å². The van der Waals surface area contributed by atoms with Gasteiger partial charge in [-0.2, -0.15) is 0 Å². The number of benzene rings is 2. The standard InChI is InChI=1S/C24H26ClF2NO6S/c1-12-6-14-8-16(10-17(12)24(14,32)22(30)11-29)35(33,34)21-7-13(2-4-18(21)25)23(31)28-15-3-5-19(26)20(27)9-15/h2-5,7,9,12,14,16-17,22,29-30,32H,6,8,10-11H2,1H3,(H,28,31)/t12?,14-,16-,17-,22+,24-/m1/s1. The van der Waals surface area contributed by atoms with Gasteiger partial charge in [0.25, 0.3) is 5.91 Å². The molecule has 0 aliphatic heterocycles. The molecule has 7 nitrogen and oxygen atoms in total. The molecule has 2 aromatic carbocycles. The van der Waals surface area contributed by atoms with Crippen LogP contribution >= 0.6 is 11.6 Å². The lowest BCUT2D eigenvalue weighted by molar-refractivity contribution is -0.157. The predicted molar refractivity (Wildman–Crippen MR) is 125 cm³/mol. The molecule has 4 rings (SSSR count). The van der Waals surface area contributed by atoms with Gasteiger partial charge in [0.2, 0.25) is 0 Å². The van der Waals surface area contributed by atoms with Crippen LogP contribution in [0.5, 0.6) is 0 Å². The van der Waals surface area contributed by atoms with Crippen LogP contribution in [-0.2, 0) is 9.84 Å². The third-order valence-electron chi connectivity index (χ3n) is 7.48. The average Bonchev–Trinajstić information content (AvgIpc) is 2.94. The van der Waals surface area contributed by atoms with E-state index in [0.717, 1.165) is 18.2 Å². The third-order valence-corrected chi connectivity index (χ3v) is 10.1. The highest BCUT2D eigenvalue weighted by Gasteiger charge is 2.61. The highest BCUT2D eigenvalue weighted by atomic mass is 35.5. The molecule has 4 N–H and O–H groups in total. The molecule has 2 aliphatic rings. The number of aliphatic hydroxyl groups excluding tert-OH is 2. The zero-order valence-electron chi connectivity index (χ0n) is 18.8. The summed E-state index contributed by atoms with van der Waals surface area (Å²) in [5, 5.41) is 32.3. The Labute approximate surface area is 206 Å². The molecule has 2 saturated carbocycles. The second-order valence-corrected chi connectivity index (χ2v) is 12.1. The van der Waals surface area contributed by atoms with Crippen molar-refractivity contribution < 1.29 is 37.3 Å². The number of fused-ring (bicyclic) bond motifs is 2. The summed E-state index contributed by atoms with van der Waals surface area (Å²) in [4.78, 5) is 12.4. The van der Waals surface area contributed by atoms with Crippen molar-refractivity contribution in [1.29, 1.82) is 0 Å². The van der Waals surface area contributed by atoms with E-state index in [1.165, 1.54) is 18.2 Å². The van der Waals surface area contributed by atoms with Gasteiger partial charge in [0, 0.05) is 17.3 Å². The Balaban J connectivity index is 1.61. The van der Waals surface area contributed by atoms with Crippen molar-refractivity contribution in [2.24, 2.45) is 17.8 Å². The molecule has 0 heterocycles. The Hall–Kier alpha value is -2.11. The van der Waals surface area contributed by atoms with E-state index in [1.807, 2.05) is 6.92 Å². The minimum atomic E-state index is -4.04. The van der Waals surface area contributed by atoms with Gasteiger partial charge >= 0.3 is 0 Å². The number of hydrogen-bond acceptors (Lipinski definition) is 6. The van der Waals surface area contributed by atoms with E-state index in [2.05, 4.69) is 5.32 Å². The van der Waals surface area contributed by atoms with Crippen molar-refractivity contribution in [1.82, 2.24) is 0 Å². The first-order valence-electron chi connectivity index (χ1n) is 11.2.